The summed E-state index contributed by atoms with van der Waals surface area (Å²) in [6.07, 6.45) is 2.55. The summed E-state index contributed by atoms with van der Waals surface area (Å²) in [4.78, 5) is 23.2. The maximum absolute atomic E-state index is 11.1. The van der Waals surface area contributed by atoms with E-state index in [1.54, 1.807) is 6.08 Å². The van der Waals surface area contributed by atoms with Crippen molar-refractivity contribution >= 4 is 23.7 Å². The highest BCUT2D eigenvalue weighted by Gasteiger charge is 2.30. The Morgan fingerprint density at radius 1 is 1.14 bits per heavy atom. The molecule has 118 valence electrons. The molecule has 1 aromatic carbocycles. The highest BCUT2D eigenvalue weighted by molar-refractivity contribution is 8.00. The third kappa shape index (κ3) is 5.20. The van der Waals surface area contributed by atoms with Crippen LogP contribution in [0.1, 0.15) is 13.8 Å². The van der Waals surface area contributed by atoms with Crippen LogP contribution < -0.4 is 0 Å². The van der Waals surface area contributed by atoms with Gasteiger partial charge in [0.15, 0.2) is 0 Å². The normalized spacial score (nSPS) is 23.8. The fraction of sp³-hybridized carbons (Fsp3) is 0.375. The second kappa shape index (κ2) is 8.00. The molecule has 0 aliphatic carbocycles. The van der Waals surface area contributed by atoms with Crippen molar-refractivity contribution in [2.24, 2.45) is 0 Å². The van der Waals surface area contributed by atoms with Crippen LogP contribution in [0.4, 0.5) is 0 Å². The maximum atomic E-state index is 11.1. The molecular weight excluding hydrogens is 304 g/mol. The summed E-state index contributed by atoms with van der Waals surface area (Å²) in [5.74, 6) is -0.799. The summed E-state index contributed by atoms with van der Waals surface area (Å²) in [5, 5.41) is 0. The fourth-order valence-electron chi connectivity index (χ4n) is 1.96. The van der Waals surface area contributed by atoms with Crippen LogP contribution in [0, 0.1) is 0 Å². The van der Waals surface area contributed by atoms with Crippen LogP contribution in [0.15, 0.2) is 47.4 Å². The minimum atomic E-state index is -0.551. The van der Waals surface area contributed by atoms with Crippen molar-refractivity contribution in [2.45, 2.75) is 36.4 Å². The number of hydrogen-bond donors (Lipinski definition) is 0. The van der Waals surface area contributed by atoms with Crippen LogP contribution in [0.5, 0.6) is 0 Å². The van der Waals surface area contributed by atoms with E-state index in [9.17, 15) is 9.59 Å². The van der Waals surface area contributed by atoms with Crippen LogP contribution in [-0.2, 0) is 23.8 Å². The number of hydrogen-bond acceptors (Lipinski definition) is 6. The Bertz CT molecular complexity index is 543. The van der Waals surface area contributed by atoms with Gasteiger partial charge in [0.05, 0.1) is 0 Å². The average Bonchev–Trinajstić information content (AvgIpc) is 2.48. The van der Waals surface area contributed by atoms with Gasteiger partial charge in [-0.15, -0.1) is 0 Å². The van der Waals surface area contributed by atoms with E-state index < -0.39 is 24.1 Å². The summed E-state index contributed by atoms with van der Waals surface area (Å²) < 4.78 is 16.1. The summed E-state index contributed by atoms with van der Waals surface area (Å²) in [7, 11) is 0. The minimum Gasteiger partial charge on any atom is -0.463 e. The number of rotatable bonds is 5. The van der Waals surface area contributed by atoms with Crippen molar-refractivity contribution in [3.8, 4) is 0 Å². The van der Waals surface area contributed by atoms with Gasteiger partial charge in [0, 0.05) is 18.7 Å². The Morgan fingerprint density at radius 3 is 2.50 bits per heavy atom. The zero-order valence-corrected chi connectivity index (χ0v) is 13.2. The number of carbonyl (C=O) groups excluding carboxylic acids is 2. The van der Waals surface area contributed by atoms with Crippen molar-refractivity contribution in [3.05, 3.63) is 42.5 Å². The lowest BCUT2D eigenvalue weighted by atomic mass is 10.1. The Balaban J connectivity index is 2.02. The van der Waals surface area contributed by atoms with Gasteiger partial charge >= 0.3 is 11.9 Å². The standard InChI is InChI=1S/C16H18O5S/c1-11(17)19-10-15-14(20-12(2)18)8-9-16(21-15)22-13-6-4-3-5-7-13/h3-9,14-16H,10H2,1-2H3/t14-,15+,16+/m0/s1. The zero-order chi connectivity index (χ0) is 15.9. The van der Waals surface area contributed by atoms with Crippen LogP contribution in [0.25, 0.3) is 0 Å². The largest absolute Gasteiger partial charge is 0.463 e. The second-order valence-electron chi connectivity index (χ2n) is 4.74. The molecule has 1 aliphatic heterocycles. The molecule has 0 fully saturated rings. The van der Waals surface area contributed by atoms with Crippen molar-refractivity contribution in [1.29, 1.82) is 0 Å². The molecular formula is C16H18O5S. The van der Waals surface area contributed by atoms with Gasteiger partial charge in [-0.1, -0.05) is 30.0 Å². The summed E-state index contributed by atoms with van der Waals surface area (Å²) >= 11 is 1.53. The first-order chi connectivity index (χ1) is 10.5. The molecule has 0 bridgehead atoms. The molecule has 0 aromatic heterocycles. The molecule has 0 saturated heterocycles. The zero-order valence-electron chi connectivity index (χ0n) is 12.4. The molecule has 0 spiro atoms. The lowest BCUT2D eigenvalue weighted by molar-refractivity contribution is -0.160. The highest BCUT2D eigenvalue weighted by atomic mass is 32.2. The van der Waals surface area contributed by atoms with E-state index >= 15 is 0 Å². The summed E-state index contributed by atoms with van der Waals surface area (Å²) in [6.45, 7) is 2.71. The molecule has 1 aliphatic rings. The predicted molar refractivity (Wildman–Crippen MR) is 82.3 cm³/mol. The van der Waals surface area contributed by atoms with Crippen LogP contribution >= 0.6 is 11.8 Å². The van der Waals surface area contributed by atoms with E-state index in [1.165, 1.54) is 25.6 Å². The molecule has 0 saturated carbocycles. The Morgan fingerprint density at radius 2 is 1.86 bits per heavy atom. The van der Waals surface area contributed by atoms with E-state index in [4.69, 9.17) is 14.2 Å². The molecule has 1 heterocycles. The molecule has 0 amide bonds. The summed E-state index contributed by atoms with van der Waals surface area (Å²) in [5.41, 5.74) is -0.227. The molecule has 22 heavy (non-hydrogen) atoms. The highest BCUT2D eigenvalue weighted by Crippen LogP contribution is 2.29. The number of carbonyl (C=O) groups is 2. The van der Waals surface area contributed by atoms with Gasteiger partial charge in [-0.3, -0.25) is 9.59 Å². The molecule has 0 N–H and O–H groups in total. The van der Waals surface area contributed by atoms with E-state index in [0.29, 0.717) is 0 Å². The van der Waals surface area contributed by atoms with Crippen molar-refractivity contribution < 1.29 is 23.8 Å². The topological polar surface area (TPSA) is 61.8 Å². The van der Waals surface area contributed by atoms with Crippen LogP contribution in [0.3, 0.4) is 0 Å². The monoisotopic (exact) mass is 322 g/mol. The number of thioether (sulfide) groups is 1. The first kappa shape index (κ1) is 16.6. The van der Waals surface area contributed by atoms with Gasteiger partial charge in [0.25, 0.3) is 0 Å². The van der Waals surface area contributed by atoms with E-state index in [-0.39, 0.29) is 12.0 Å². The number of benzene rings is 1. The fourth-order valence-corrected chi connectivity index (χ4v) is 2.91. The number of ether oxygens (including phenoxy) is 3. The third-order valence-electron chi connectivity index (χ3n) is 2.88. The molecule has 6 heteroatoms. The average molecular weight is 322 g/mol. The van der Waals surface area contributed by atoms with Crippen molar-refractivity contribution in [1.82, 2.24) is 0 Å². The van der Waals surface area contributed by atoms with Gasteiger partial charge in [-0.2, -0.15) is 0 Å². The molecule has 1 aromatic rings. The van der Waals surface area contributed by atoms with Crippen molar-refractivity contribution in [2.75, 3.05) is 6.61 Å². The SMILES string of the molecule is CC(=O)OC[C@H]1O[C@H](Sc2ccccc2)C=C[C@@H]1OC(C)=O. The van der Waals surface area contributed by atoms with Gasteiger partial charge in [0.2, 0.25) is 0 Å². The molecule has 0 unspecified atom stereocenters. The van der Waals surface area contributed by atoms with E-state index in [2.05, 4.69) is 0 Å². The van der Waals surface area contributed by atoms with Crippen LogP contribution in [0.2, 0.25) is 0 Å². The Labute approximate surface area is 133 Å². The minimum absolute atomic E-state index is 0.0451. The maximum Gasteiger partial charge on any atom is 0.303 e. The lowest BCUT2D eigenvalue weighted by Crippen LogP contribution is -2.40. The van der Waals surface area contributed by atoms with Gasteiger partial charge in [-0.05, 0) is 24.3 Å². The quantitative estimate of drug-likeness (QED) is 0.613. The van der Waals surface area contributed by atoms with Gasteiger partial charge in [-0.25, -0.2) is 0 Å². The molecule has 3 atom stereocenters. The third-order valence-corrected chi connectivity index (χ3v) is 3.93. The van der Waals surface area contributed by atoms with E-state index in [1.807, 2.05) is 36.4 Å². The van der Waals surface area contributed by atoms with Gasteiger partial charge < -0.3 is 14.2 Å². The van der Waals surface area contributed by atoms with Crippen molar-refractivity contribution in [3.63, 3.8) is 0 Å². The second-order valence-corrected chi connectivity index (χ2v) is 5.91. The van der Waals surface area contributed by atoms with E-state index in [0.717, 1.165) is 4.90 Å². The first-order valence-electron chi connectivity index (χ1n) is 6.90. The first-order valence-corrected chi connectivity index (χ1v) is 7.78. The Kier molecular flexibility index (Phi) is 6.03. The Hall–Kier alpha value is -1.79. The summed E-state index contributed by atoms with van der Waals surface area (Å²) in [6, 6.07) is 9.82. The predicted octanol–water partition coefficient (Wildman–Crippen LogP) is 2.55. The van der Waals surface area contributed by atoms with Gasteiger partial charge in [0.1, 0.15) is 24.3 Å². The smallest absolute Gasteiger partial charge is 0.303 e. The lowest BCUT2D eigenvalue weighted by Gasteiger charge is -2.31. The molecule has 2 rings (SSSR count). The molecule has 0 radical (unpaired) electrons. The van der Waals surface area contributed by atoms with Crippen LogP contribution in [-0.4, -0.2) is 36.2 Å². The molecule has 5 nitrogen and oxygen atoms in total. The number of esters is 2.